The second kappa shape index (κ2) is 6.32. The first-order valence-corrected chi connectivity index (χ1v) is 7.39. The number of alkyl halides is 3. The third-order valence-electron chi connectivity index (χ3n) is 3.43. The predicted molar refractivity (Wildman–Crippen MR) is 83.8 cm³/mol. The minimum atomic E-state index is -4.70. The van der Waals surface area contributed by atoms with Crippen molar-refractivity contribution in [2.24, 2.45) is 0 Å². The van der Waals surface area contributed by atoms with E-state index in [2.05, 4.69) is 9.97 Å². The fourth-order valence-electron chi connectivity index (χ4n) is 2.36. The number of fused-ring (bicyclic) bond motifs is 1. The van der Waals surface area contributed by atoms with E-state index in [1.165, 1.54) is 22.9 Å². The van der Waals surface area contributed by atoms with Gasteiger partial charge in [0.1, 0.15) is 11.7 Å². The number of halogens is 4. The molecule has 0 radical (unpaired) electrons. The lowest BCUT2D eigenvalue weighted by Gasteiger charge is -2.15. The fourth-order valence-corrected chi connectivity index (χ4v) is 2.47. The maximum absolute atomic E-state index is 12.6. The molecule has 0 aromatic carbocycles. The van der Waals surface area contributed by atoms with Crippen LogP contribution in [0.1, 0.15) is 5.56 Å². The van der Waals surface area contributed by atoms with Crippen LogP contribution in [0.25, 0.3) is 11.4 Å². The molecule has 25 heavy (non-hydrogen) atoms. The summed E-state index contributed by atoms with van der Waals surface area (Å²) in [7, 11) is 0. The molecular formula is C15H10ClF3N4O2. The van der Waals surface area contributed by atoms with E-state index in [9.17, 15) is 22.8 Å². The molecule has 1 aromatic rings. The van der Waals surface area contributed by atoms with Gasteiger partial charge in [-0.15, -0.1) is 0 Å². The molecule has 0 saturated heterocycles. The van der Waals surface area contributed by atoms with E-state index in [0.717, 1.165) is 5.56 Å². The van der Waals surface area contributed by atoms with Crippen LogP contribution >= 0.6 is 11.6 Å². The van der Waals surface area contributed by atoms with Gasteiger partial charge in [0.2, 0.25) is 0 Å². The summed E-state index contributed by atoms with van der Waals surface area (Å²) in [5, 5.41) is 0.307. The Bertz CT molecular complexity index is 995. The van der Waals surface area contributed by atoms with Crippen molar-refractivity contribution in [3.8, 4) is 11.4 Å². The molecule has 6 nitrogen and oxygen atoms in total. The Kier molecular flexibility index (Phi) is 4.34. The van der Waals surface area contributed by atoms with Gasteiger partial charge >= 0.3 is 11.9 Å². The van der Waals surface area contributed by atoms with Gasteiger partial charge in [0.05, 0.1) is 12.1 Å². The number of hydrogen-bond acceptors (Lipinski definition) is 4. The Balaban J connectivity index is 2.09. The highest BCUT2D eigenvalue weighted by Gasteiger charge is 2.31. The second-order valence-electron chi connectivity index (χ2n) is 5.26. The lowest BCUT2D eigenvalue weighted by Crippen LogP contribution is -2.41. The Hall–Kier alpha value is -2.68. The molecule has 2 aliphatic rings. The molecule has 0 bridgehead atoms. The van der Waals surface area contributed by atoms with E-state index in [1.54, 1.807) is 18.3 Å². The van der Waals surface area contributed by atoms with Crippen LogP contribution in [0, 0.1) is 0 Å². The summed E-state index contributed by atoms with van der Waals surface area (Å²) in [6, 6.07) is 6.10. The van der Waals surface area contributed by atoms with Crippen LogP contribution in [0.5, 0.6) is 0 Å². The van der Waals surface area contributed by atoms with Crippen molar-refractivity contribution in [3.05, 3.63) is 68.2 Å². The highest BCUT2D eigenvalue weighted by atomic mass is 35.5. The first kappa shape index (κ1) is 17.2. The number of aromatic nitrogens is 4. The van der Waals surface area contributed by atoms with Gasteiger partial charge in [-0.3, -0.25) is 4.79 Å². The van der Waals surface area contributed by atoms with E-state index >= 15 is 0 Å². The minimum absolute atomic E-state index is 0.00544. The molecule has 0 saturated carbocycles. The first-order valence-electron chi connectivity index (χ1n) is 7.02. The molecule has 0 N–H and O–H groups in total. The minimum Gasteiger partial charge on any atom is -0.328 e. The predicted octanol–water partition coefficient (Wildman–Crippen LogP) is 2.17. The molecular weight excluding hydrogens is 361 g/mol. The van der Waals surface area contributed by atoms with E-state index in [-0.39, 0.29) is 22.5 Å². The molecule has 0 spiro atoms. The van der Waals surface area contributed by atoms with Crippen molar-refractivity contribution >= 4 is 11.6 Å². The van der Waals surface area contributed by atoms with Crippen LogP contribution in [0.2, 0.25) is 5.15 Å². The highest BCUT2D eigenvalue weighted by Crippen LogP contribution is 2.18. The van der Waals surface area contributed by atoms with Gasteiger partial charge in [0.25, 0.3) is 5.56 Å². The SMILES string of the molecule is O=c1nc2n(Cc3ccc(Cl)nc3)cccc-2c(=O)n1CC(F)(F)F. The molecule has 0 amide bonds. The average Bonchev–Trinajstić information content (AvgIpc) is 2.53. The van der Waals surface area contributed by atoms with Crippen LogP contribution in [0.4, 0.5) is 13.2 Å². The molecule has 2 aliphatic heterocycles. The molecule has 3 rings (SSSR count). The van der Waals surface area contributed by atoms with Crippen molar-refractivity contribution in [2.75, 3.05) is 0 Å². The molecule has 130 valence electrons. The molecule has 0 aliphatic carbocycles. The van der Waals surface area contributed by atoms with Crippen molar-refractivity contribution in [2.45, 2.75) is 19.3 Å². The topological polar surface area (TPSA) is 69.8 Å². The summed E-state index contributed by atoms with van der Waals surface area (Å²) in [5.74, 6) is 0.00544. The smallest absolute Gasteiger partial charge is 0.328 e. The molecule has 0 atom stereocenters. The van der Waals surface area contributed by atoms with Gasteiger partial charge < -0.3 is 4.57 Å². The van der Waals surface area contributed by atoms with Crippen LogP contribution in [0.3, 0.4) is 0 Å². The van der Waals surface area contributed by atoms with E-state index in [1.807, 2.05) is 0 Å². The quantitative estimate of drug-likeness (QED) is 0.663. The van der Waals surface area contributed by atoms with Crippen molar-refractivity contribution < 1.29 is 13.2 Å². The summed E-state index contributed by atoms with van der Waals surface area (Å²) in [5.41, 5.74) is -1.64. The maximum Gasteiger partial charge on any atom is 0.406 e. The molecule has 0 fully saturated rings. The van der Waals surface area contributed by atoms with Crippen LogP contribution in [-0.4, -0.2) is 25.3 Å². The van der Waals surface area contributed by atoms with Gasteiger partial charge in [-0.1, -0.05) is 17.7 Å². The zero-order valence-electron chi connectivity index (χ0n) is 12.5. The van der Waals surface area contributed by atoms with Gasteiger partial charge in [-0.2, -0.15) is 18.2 Å². The van der Waals surface area contributed by atoms with Crippen LogP contribution in [0.15, 0.2) is 46.2 Å². The number of rotatable bonds is 3. The summed E-state index contributed by atoms with van der Waals surface area (Å²) >= 11 is 5.71. The standard InChI is InChI=1S/C15H10ClF3N4O2/c16-11-4-3-9(6-20-11)7-22-5-1-2-10-12(22)21-14(25)23(13(10)24)8-15(17,18)19/h1-6H,7-8H2. The summed E-state index contributed by atoms with van der Waals surface area (Å²) < 4.78 is 39.2. The molecule has 0 unspecified atom stereocenters. The van der Waals surface area contributed by atoms with E-state index < -0.39 is 24.0 Å². The normalized spacial score (nSPS) is 11.8. The zero-order chi connectivity index (χ0) is 18.2. The van der Waals surface area contributed by atoms with Crippen molar-refractivity contribution in [3.63, 3.8) is 0 Å². The Labute approximate surface area is 143 Å². The fraction of sp³-hybridized carbons (Fsp3) is 0.200. The van der Waals surface area contributed by atoms with E-state index in [4.69, 9.17) is 11.6 Å². The maximum atomic E-state index is 12.6. The number of nitrogens with zero attached hydrogens (tertiary/aromatic N) is 4. The Morgan fingerprint density at radius 2 is 1.92 bits per heavy atom. The lowest BCUT2D eigenvalue weighted by atomic mass is 10.2. The monoisotopic (exact) mass is 370 g/mol. The molecule has 10 heteroatoms. The summed E-state index contributed by atoms with van der Waals surface area (Å²) in [6.45, 7) is -1.46. The average molecular weight is 371 g/mol. The molecule has 3 heterocycles. The van der Waals surface area contributed by atoms with Gasteiger partial charge in [0, 0.05) is 12.4 Å². The zero-order valence-corrected chi connectivity index (χ0v) is 13.3. The Morgan fingerprint density at radius 1 is 1.16 bits per heavy atom. The van der Waals surface area contributed by atoms with E-state index in [0.29, 0.717) is 5.15 Å². The number of pyridine rings is 2. The van der Waals surface area contributed by atoms with Gasteiger partial charge in [-0.05, 0) is 23.8 Å². The highest BCUT2D eigenvalue weighted by molar-refractivity contribution is 6.29. The van der Waals surface area contributed by atoms with Gasteiger partial charge in [0.15, 0.2) is 5.82 Å². The molecule has 1 aromatic heterocycles. The number of hydrogen-bond donors (Lipinski definition) is 0. The summed E-state index contributed by atoms with van der Waals surface area (Å²) in [4.78, 5) is 31.7. The third-order valence-corrected chi connectivity index (χ3v) is 3.65. The van der Waals surface area contributed by atoms with Crippen molar-refractivity contribution in [1.82, 2.24) is 19.1 Å². The van der Waals surface area contributed by atoms with Crippen LogP contribution in [-0.2, 0) is 13.1 Å². The van der Waals surface area contributed by atoms with Gasteiger partial charge in [-0.25, -0.2) is 14.3 Å². The summed E-state index contributed by atoms with van der Waals surface area (Å²) in [6.07, 6.45) is -1.62. The Morgan fingerprint density at radius 3 is 2.56 bits per heavy atom. The second-order valence-corrected chi connectivity index (χ2v) is 5.65. The van der Waals surface area contributed by atoms with Crippen LogP contribution < -0.4 is 11.2 Å². The largest absolute Gasteiger partial charge is 0.406 e. The first-order chi connectivity index (χ1) is 11.7. The van der Waals surface area contributed by atoms with Crippen molar-refractivity contribution in [1.29, 1.82) is 0 Å². The third kappa shape index (κ3) is 3.71. The lowest BCUT2D eigenvalue weighted by molar-refractivity contribution is -0.141.